The van der Waals surface area contributed by atoms with Crippen LogP contribution in [0.5, 0.6) is 0 Å². The van der Waals surface area contributed by atoms with Crippen molar-refractivity contribution < 1.29 is 4.79 Å². The van der Waals surface area contributed by atoms with E-state index >= 15 is 0 Å². The van der Waals surface area contributed by atoms with Gasteiger partial charge in [-0.05, 0) is 45.2 Å². The van der Waals surface area contributed by atoms with E-state index in [1.54, 1.807) is 4.90 Å². The lowest BCUT2D eigenvalue weighted by molar-refractivity contribution is -0.130. The van der Waals surface area contributed by atoms with Gasteiger partial charge in [0.2, 0.25) is 5.91 Å². The maximum Gasteiger partial charge on any atom is 0.224 e. The quantitative estimate of drug-likeness (QED) is 0.886. The minimum absolute atomic E-state index is 0.109. The number of benzene rings is 1. The molecule has 0 atom stereocenters. The Morgan fingerprint density at radius 2 is 1.95 bits per heavy atom. The summed E-state index contributed by atoms with van der Waals surface area (Å²) in [6.45, 7) is 8.69. The fourth-order valence-corrected chi connectivity index (χ4v) is 2.01. The number of amides is 1. The summed E-state index contributed by atoms with van der Waals surface area (Å²) < 4.78 is 0. The van der Waals surface area contributed by atoms with Crippen LogP contribution in [0.3, 0.4) is 0 Å². The number of likely N-dealkylation sites (N-methyl/N-ethyl adjacent to an activating group) is 1. The van der Waals surface area contributed by atoms with Gasteiger partial charge in [-0.15, -0.1) is 0 Å². The van der Waals surface area contributed by atoms with E-state index in [1.807, 2.05) is 20.9 Å². The molecule has 0 aliphatic heterocycles. The highest BCUT2D eigenvalue weighted by Gasteiger charge is 2.19. The van der Waals surface area contributed by atoms with Gasteiger partial charge in [0.1, 0.15) is 0 Å². The van der Waals surface area contributed by atoms with Gasteiger partial charge in [0.25, 0.3) is 0 Å². The maximum absolute atomic E-state index is 12.0. The summed E-state index contributed by atoms with van der Waals surface area (Å²) in [4.78, 5) is 13.8. The summed E-state index contributed by atoms with van der Waals surface area (Å²) in [6, 6.07) is 6.45. The zero-order chi connectivity index (χ0) is 14.6. The second-order valence-corrected chi connectivity index (χ2v) is 6.16. The van der Waals surface area contributed by atoms with E-state index in [-0.39, 0.29) is 5.91 Å². The topological polar surface area (TPSA) is 46.3 Å². The van der Waals surface area contributed by atoms with E-state index in [4.69, 9.17) is 5.73 Å². The Kier molecular flexibility index (Phi) is 5.12. The number of hydrogen-bond donors (Lipinski definition) is 1. The fourth-order valence-electron chi connectivity index (χ4n) is 2.01. The van der Waals surface area contributed by atoms with E-state index in [0.717, 1.165) is 13.0 Å². The maximum atomic E-state index is 12.0. The highest BCUT2D eigenvalue weighted by atomic mass is 16.2. The zero-order valence-electron chi connectivity index (χ0n) is 12.8. The molecule has 0 heterocycles. The van der Waals surface area contributed by atoms with Crippen molar-refractivity contribution >= 4 is 5.91 Å². The van der Waals surface area contributed by atoms with E-state index < -0.39 is 5.54 Å². The first-order chi connectivity index (χ1) is 8.69. The number of rotatable bonds is 5. The molecule has 0 spiro atoms. The smallest absolute Gasteiger partial charge is 0.224 e. The standard InChI is InChI=1S/C16H26N2O/c1-12-6-7-13(2)14(10-12)8-9-18(5)15(19)11-16(3,4)17/h6-7,10H,8-9,11,17H2,1-5H3. The summed E-state index contributed by atoms with van der Waals surface area (Å²) >= 11 is 0. The van der Waals surface area contributed by atoms with Crippen LogP contribution in [0.1, 0.15) is 37.0 Å². The summed E-state index contributed by atoms with van der Waals surface area (Å²) in [7, 11) is 1.85. The molecule has 0 aliphatic rings. The van der Waals surface area contributed by atoms with Gasteiger partial charge in [0.05, 0.1) is 0 Å². The molecule has 2 N–H and O–H groups in total. The molecule has 1 aromatic carbocycles. The molecule has 0 aromatic heterocycles. The summed E-state index contributed by atoms with van der Waals surface area (Å²) in [5.74, 6) is 0.109. The molecule has 0 saturated heterocycles. The molecular formula is C16H26N2O. The second kappa shape index (κ2) is 6.20. The number of carbonyl (C=O) groups excluding carboxylic acids is 1. The third kappa shape index (κ3) is 5.43. The highest BCUT2D eigenvalue weighted by Crippen LogP contribution is 2.12. The van der Waals surface area contributed by atoms with Crippen LogP contribution in [-0.2, 0) is 11.2 Å². The molecule has 0 aliphatic carbocycles. The molecule has 1 amide bonds. The average Bonchev–Trinajstić information content (AvgIpc) is 2.27. The number of carbonyl (C=O) groups is 1. The van der Waals surface area contributed by atoms with Gasteiger partial charge in [-0.1, -0.05) is 23.8 Å². The van der Waals surface area contributed by atoms with Crippen LogP contribution in [0.2, 0.25) is 0 Å². The minimum atomic E-state index is -0.440. The minimum Gasteiger partial charge on any atom is -0.345 e. The number of nitrogens with zero attached hydrogens (tertiary/aromatic N) is 1. The van der Waals surface area contributed by atoms with Gasteiger partial charge in [0.15, 0.2) is 0 Å². The molecule has 106 valence electrons. The van der Waals surface area contributed by atoms with Crippen molar-refractivity contribution in [2.45, 2.75) is 46.1 Å². The molecule has 0 bridgehead atoms. The Morgan fingerprint density at radius 3 is 2.53 bits per heavy atom. The van der Waals surface area contributed by atoms with Crippen LogP contribution in [0.25, 0.3) is 0 Å². The Balaban J connectivity index is 2.56. The first kappa shape index (κ1) is 15.7. The molecule has 19 heavy (non-hydrogen) atoms. The van der Waals surface area contributed by atoms with Gasteiger partial charge in [-0.2, -0.15) is 0 Å². The van der Waals surface area contributed by atoms with Crippen molar-refractivity contribution in [3.63, 3.8) is 0 Å². The van der Waals surface area contributed by atoms with Crippen LogP contribution in [0.15, 0.2) is 18.2 Å². The van der Waals surface area contributed by atoms with Crippen molar-refractivity contribution in [2.75, 3.05) is 13.6 Å². The van der Waals surface area contributed by atoms with Gasteiger partial charge in [0, 0.05) is 25.6 Å². The number of aryl methyl sites for hydroxylation is 2. The zero-order valence-corrected chi connectivity index (χ0v) is 12.8. The predicted molar refractivity (Wildman–Crippen MR) is 80.1 cm³/mol. The highest BCUT2D eigenvalue weighted by molar-refractivity contribution is 5.77. The van der Waals surface area contributed by atoms with Crippen LogP contribution >= 0.6 is 0 Å². The van der Waals surface area contributed by atoms with Crippen molar-refractivity contribution in [3.05, 3.63) is 34.9 Å². The SMILES string of the molecule is Cc1ccc(C)c(CCN(C)C(=O)CC(C)(C)N)c1. The van der Waals surface area contributed by atoms with Crippen molar-refractivity contribution in [1.82, 2.24) is 4.90 Å². The van der Waals surface area contributed by atoms with E-state index in [9.17, 15) is 4.79 Å². The third-order valence-electron chi connectivity index (χ3n) is 3.25. The molecule has 3 heteroatoms. The molecule has 0 radical (unpaired) electrons. The molecule has 0 unspecified atom stereocenters. The molecule has 1 aromatic rings. The van der Waals surface area contributed by atoms with Crippen LogP contribution in [0, 0.1) is 13.8 Å². The lowest BCUT2D eigenvalue weighted by atomic mass is 10.0. The Labute approximate surface area is 116 Å². The first-order valence-electron chi connectivity index (χ1n) is 6.78. The van der Waals surface area contributed by atoms with Crippen molar-refractivity contribution in [3.8, 4) is 0 Å². The molecular weight excluding hydrogens is 236 g/mol. The van der Waals surface area contributed by atoms with E-state index in [0.29, 0.717) is 6.42 Å². The molecule has 1 rings (SSSR count). The summed E-state index contributed by atoms with van der Waals surface area (Å²) in [5, 5.41) is 0. The Bertz CT molecular complexity index is 447. The van der Waals surface area contributed by atoms with Crippen molar-refractivity contribution in [1.29, 1.82) is 0 Å². The van der Waals surface area contributed by atoms with Crippen LogP contribution in [-0.4, -0.2) is 29.9 Å². The Morgan fingerprint density at radius 1 is 1.32 bits per heavy atom. The predicted octanol–water partition coefficient (Wildman–Crippen LogP) is 2.43. The Hall–Kier alpha value is -1.35. The third-order valence-corrected chi connectivity index (χ3v) is 3.25. The normalized spacial score (nSPS) is 11.5. The molecule has 0 saturated carbocycles. The molecule has 0 fully saturated rings. The summed E-state index contributed by atoms with van der Waals surface area (Å²) in [6.07, 6.45) is 1.27. The van der Waals surface area contributed by atoms with Gasteiger partial charge >= 0.3 is 0 Å². The van der Waals surface area contributed by atoms with Gasteiger partial charge in [-0.3, -0.25) is 4.79 Å². The van der Waals surface area contributed by atoms with Crippen LogP contribution < -0.4 is 5.73 Å². The monoisotopic (exact) mass is 262 g/mol. The van der Waals surface area contributed by atoms with Gasteiger partial charge in [-0.25, -0.2) is 0 Å². The van der Waals surface area contributed by atoms with Crippen molar-refractivity contribution in [2.24, 2.45) is 5.73 Å². The van der Waals surface area contributed by atoms with Gasteiger partial charge < -0.3 is 10.6 Å². The van der Waals surface area contributed by atoms with Crippen LogP contribution in [0.4, 0.5) is 0 Å². The number of nitrogens with two attached hydrogens (primary N) is 1. The van der Waals surface area contributed by atoms with E-state index in [1.165, 1.54) is 16.7 Å². The number of hydrogen-bond acceptors (Lipinski definition) is 2. The van der Waals surface area contributed by atoms with E-state index in [2.05, 4.69) is 32.0 Å². The second-order valence-electron chi connectivity index (χ2n) is 6.16. The summed E-state index contributed by atoms with van der Waals surface area (Å²) in [5.41, 5.74) is 9.29. The largest absolute Gasteiger partial charge is 0.345 e. The fraction of sp³-hybridized carbons (Fsp3) is 0.562. The average molecular weight is 262 g/mol. The lowest BCUT2D eigenvalue weighted by Gasteiger charge is -2.23. The first-order valence-corrected chi connectivity index (χ1v) is 6.78. The lowest BCUT2D eigenvalue weighted by Crippen LogP contribution is -2.40. The molecule has 3 nitrogen and oxygen atoms in total.